The standard InChI is InChI=1S/C14H16N2OS/c15-9-11-1-5-13(6-2-11)18(17)14-7-3-12(10-16)4-8-14/h1-8H,9-10,15-16H2. The molecule has 0 amide bonds. The van der Waals surface area contributed by atoms with Gasteiger partial charge in [0, 0.05) is 22.9 Å². The molecule has 0 bridgehead atoms. The van der Waals surface area contributed by atoms with Gasteiger partial charge in [-0.2, -0.15) is 0 Å². The van der Waals surface area contributed by atoms with E-state index in [4.69, 9.17) is 11.5 Å². The van der Waals surface area contributed by atoms with E-state index < -0.39 is 10.8 Å². The molecule has 4 heteroatoms. The topological polar surface area (TPSA) is 69.1 Å². The minimum absolute atomic E-state index is 0.498. The predicted molar refractivity (Wildman–Crippen MR) is 73.3 cm³/mol. The molecule has 0 unspecified atom stereocenters. The first kappa shape index (κ1) is 13.0. The number of rotatable bonds is 4. The smallest absolute Gasteiger partial charge is 0.0849 e. The number of hydrogen-bond donors (Lipinski definition) is 2. The van der Waals surface area contributed by atoms with E-state index in [2.05, 4.69) is 0 Å². The second-order valence-corrected chi connectivity index (χ2v) is 5.45. The molecule has 4 N–H and O–H groups in total. The van der Waals surface area contributed by atoms with Gasteiger partial charge >= 0.3 is 0 Å². The first-order valence-electron chi connectivity index (χ1n) is 5.74. The maximum absolute atomic E-state index is 12.3. The van der Waals surface area contributed by atoms with Gasteiger partial charge in [-0.25, -0.2) is 4.21 Å². The van der Waals surface area contributed by atoms with E-state index in [9.17, 15) is 4.21 Å². The Hall–Kier alpha value is -1.49. The highest BCUT2D eigenvalue weighted by Gasteiger charge is 2.06. The third kappa shape index (κ3) is 2.85. The van der Waals surface area contributed by atoms with Crippen molar-refractivity contribution >= 4 is 10.8 Å². The zero-order valence-electron chi connectivity index (χ0n) is 10.0. The number of hydrogen-bond acceptors (Lipinski definition) is 3. The predicted octanol–water partition coefficient (Wildman–Crippen LogP) is 1.77. The fraction of sp³-hybridized carbons (Fsp3) is 0.143. The van der Waals surface area contributed by atoms with Crippen molar-refractivity contribution in [3.8, 4) is 0 Å². The highest BCUT2D eigenvalue weighted by molar-refractivity contribution is 7.85. The van der Waals surface area contributed by atoms with Crippen molar-refractivity contribution in [2.75, 3.05) is 0 Å². The third-order valence-electron chi connectivity index (χ3n) is 2.75. The first-order chi connectivity index (χ1) is 8.74. The Morgan fingerprint density at radius 3 is 1.33 bits per heavy atom. The summed E-state index contributed by atoms with van der Waals surface area (Å²) in [4.78, 5) is 1.57. The van der Waals surface area contributed by atoms with Gasteiger partial charge < -0.3 is 11.5 Å². The van der Waals surface area contributed by atoms with Gasteiger partial charge in [-0.15, -0.1) is 0 Å². The molecular formula is C14H16N2OS. The van der Waals surface area contributed by atoms with Crippen LogP contribution < -0.4 is 11.5 Å². The molecule has 0 aromatic heterocycles. The molecule has 2 rings (SSSR count). The van der Waals surface area contributed by atoms with Crippen LogP contribution in [-0.2, 0) is 23.9 Å². The van der Waals surface area contributed by atoms with Gasteiger partial charge in [0.15, 0.2) is 0 Å². The van der Waals surface area contributed by atoms with Gasteiger partial charge in [0.1, 0.15) is 0 Å². The summed E-state index contributed by atoms with van der Waals surface area (Å²) in [5, 5.41) is 0. The summed E-state index contributed by atoms with van der Waals surface area (Å²) in [6, 6.07) is 15.0. The summed E-state index contributed by atoms with van der Waals surface area (Å²) in [5.74, 6) is 0. The zero-order chi connectivity index (χ0) is 13.0. The molecule has 0 spiro atoms. The number of nitrogens with two attached hydrogens (primary N) is 2. The summed E-state index contributed by atoms with van der Waals surface area (Å²) < 4.78 is 12.3. The lowest BCUT2D eigenvalue weighted by Crippen LogP contribution is -1.99. The normalized spacial score (nSPS) is 10.8. The fourth-order valence-electron chi connectivity index (χ4n) is 1.63. The largest absolute Gasteiger partial charge is 0.326 e. The highest BCUT2D eigenvalue weighted by Crippen LogP contribution is 2.17. The van der Waals surface area contributed by atoms with Gasteiger partial charge in [0.25, 0.3) is 0 Å². The van der Waals surface area contributed by atoms with Crippen LogP contribution in [0, 0.1) is 0 Å². The molecule has 0 aliphatic carbocycles. The lowest BCUT2D eigenvalue weighted by molar-refractivity contribution is 0.683. The van der Waals surface area contributed by atoms with Crippen molar-refractivity contribution in [2.24, 2.45) is 11.5 Å². The molecule has 0 heterocycles. The van der Waals surface area contributed by atoms with E-state index >= 15 is 0 Å². The average molecular weight is 260 g/mol. The van der Waals surface area contributed by atoms with E-state index in [0.717, 1.165) is 20.9 Å². The second kappa shape index (κ2) is 5.91. The van der Waals surface area contributed by atoms with Gasteiger partial charge in [-0.3, -0.25) is 0 Å². The molecule has 0 aliphatic rings. The van der Waals surface area contributed by atoms with Gasteiger partial charge in [0.05, 0.1) is 10.8 Å². The van der Waals surface area contributed by atoms with Crippen LogP contribution in [0.2, 0.25) is 0 Å². The maximum Gasteiger partial charge on any atom is 0.0849 e. The Balaban J connectivity index is 2.23. The van der Waals surface area contributed by atoms with Crippen LogP contribution in [0.1, 0.15) is 11.1 Å². The van der Waals surface area contributed by atoms with E-state index in [1.54, 1.807) is 0 Å². The number of benzene rings is 2. The Bertz CT molecular complexity index is 485. The minimum atomic E-state index is -1.15. The Kier molecular flexibility index (Phi) is 4.25. The summed E-state index contributed by atoms with van der Waals surface area (Å²) >= 11 is 0. The lowest BCUT2D eigenvalue weighted by atomic mass is 10.2. The molecular weight excluding hydrogens is 244 g/mol. The highest BCUT2D eigenvalue weighted by atomic mass is 32.2. The van der Waals surface area contributed by atoms with Gasteiger partial charge in [-0.1, -0.05) is 24.3 Å². The lowest BCUT2D eigenvalue weighted by Gasteiger charge is -2.04. The summed E-state index contributed by atoms with van der Waals surface area (Å²) in [7, 11) is -1.15. The van der Waals surface area contributed by atoms with Crippen LogP contribution in [0.4, 0.5) is 0 Å². The molecule has 2 aromatic carbocycles. The van der Waals surface area contributed by atoms with Crippen molar-refractivity contribution in [3.05, 3.63) is 59.7 Å². The Labute approximate surface area is 109 Å². The molecule has 0 saturated carbocycles. The van der Waals surface area contributed by atoms with Crippen molar-refractivity contribution in [3.63, 3.8) is 0 Å². The van der Waals surface area contributed by atoms with Crippen LogP contribution in [0.25, 0.3) is 0 Å². The van der Waals surface area contributed by atoms with Crippen LogP contribution >= 0.6 is 0 Å². The van der Waals surface area contributed by atoms with Crippen molar-refractivity contribution in [1.82, 2.24) is 0 Å². The van der Waals surface area contributed by atoms with Crippen molar-refractivity contribution in [1.29, 1.82) is 0 Å². The quantitative estimate of drug-likeness (QED) is 0.880. The minimum Gasteiger partial charge on any atom is -0.326 e. The molecule has 3 nitrogen and oxygen atoms in total. The van der Waals surface area contributed by atoms with E-state index in [-0.39, 0.29) is 0 Å². The summed E-state index contributed by atoms with van der Waals surface area (Å²) in [6.45, 7) is 0.996. The molecule has 0 atom stereocenters. The molecule has 0 fully saturated rings. The SMILES string of the molecule is NCc1ccc(S(=O)c2ccc(CN)cc2)cc1. The van der Waals surface area contributed by atoms with E-state index in [1.807, 2.05) is 48.5 Å². The monoisotopic (exact) mass is 260 g/mol. The zero-order valence-corrected chi connectivity index (χ0v) is 10.8. The summed E-state index contributed by atoms with van der Waals surface area (Å²) in [6.07, 6.45) is 0. The van der Waals surface area contributed by atoms with Crippen LogP contribution in [0.3, 0.4) is 0 Å². The molecule has 0 radical (unpaired) electrons. The van der Waals surface area contributed by atoms with Crippen LogP contribution in [-0.4, -0.2) is 4.21 Å². The van der Waals surface area contributed by atoms with E-state index in [0.29, 0.717) is 13.1 Å². The molecule has 18 heavy (non-hydrogen) atoms. The van der Waals surface area contributed by atoms with Crippen LogP contribution in [0.15, 0.2) is 58.3 Å². The van der Waals surface area contributed by atoms with Gasteiger partial charge in [0.2, 0.25) is 0 Å². The molecule has 0 aliphatic heterocycles. The van der Waals surface area contributed by atoms with Gasteiger partial charge in [-0.05, 0) is 35.4 Å². The average Bonchev–Trinajstić information content (AvgIpc) is 2.47. The van der Waals surface area contributed by atoms with Crippen LogP contribution in [0.5, 0.6) is 0 Å². The summed E-state index contributed by atoms with van der Waals surface area (Å²) in [5.41, 5.74) is 13.1. The van der Waals surface area contributed by atoms with E-state index in [1.165, 1.54) is 0 Å². The molecule has 2 aromatic rings. The molecule has 94 valence electrons. The third-order valence-corrected chi connectivity index (χ3v) is 4.15. The fourth-order valence-corrected chi connectivity index (χ4v) is 2.67. The second-order valence-electron chi connectivity index (χ2n) is 3.96. The maximum atomic E-state index is 12.3. The van der Waals surface area contributed by atoms with Crippen molar-refractivity contribution < 1.29 is 4.21 Å². The van der Waals surface area contributed by atoms with Crippen molar-refractivity contribution in [2.45, 2.75) is 22.9 Å². The first-order valence-corrected chi connectivity index (χ1v) is 6.89. The Morgan fingerprint density at radius 1 is 0.722 bits per heavy atom. The molecule has 0 saturated heterocycles. The Morgan fingerprint density at radius 2 is 1.06 bits per heavy atom.